The number of aromatic amines is 1. The van der Waals surface area contributed by atoms with Crippen LogP contribution in [0.5, 0.6) is 0 Å². The second kappa shape index (κ2) is 6.69. The molecule has 1 heterocycles. The Bertz CT molecular complexity index is 699. The van der Waals surface area contributed by atoms with E-state index in [1.54, 1.807) is 12.1 Å². The van der Waals surface area contributed by atoms with Gasteiger partial charge in [-0.1, -0.05) is 12.1 Å². The van der Waals surface area contributed by atoms with Gasteiger partial charge in [0.05, 0.1) is 0 Å². The van der Waals surface area contributed by atoms with Crippen LogP contribution in [-0.2, 0) is 6.54 Å². The highest BCUT2D eigenvalue weighted by Crippen LogP contribution is 2.41. The number of rotatable bonds is 6. The molecule has 5 nitrogen and oxygen atoms in total. The van der Waals surface area contributed by atoms with Gasteiger partial charge < -0.3 is 15.6 Å². The first kappa shape index (κ1) is 15.3. The standard InChI is InChI=1S/C18H21N3O2/c1-2-19-17(22)14-5-3-12(4-6-14)11-21-18(23)16-15(9-10-20-16)13-7-8-13/h3-6,9-10,13,20H,2,7-8,11H2,1H3,(H,19,22)(H,21,23). The molecule has 1 aromatic heterocycles. The average Bonchev–Trinajstić information content (AvgIpc) is 3.30. The molecule has 1 aliphatic carbocycles. The van der Waals surface area contributed by atoms with Gasteiger partial charge in [0.25, 0.3) is 11.8 Å². The van der Waals surface area contributed by atoms with Gasteiger partial charge in [0.1, 0.15) is 5.69 Å². The SMILES string of the molecule is CCNC(=O)c1ccc(CNC(=O)c2[nH]ccc2C2CC2)cc1. The highest BCUT2D eigenvalue weighted by molar-refractivity contribution is 5.95. The lowest BCUT2D eigenvalue weighted by molar-refractivity contribution is 0.0940. The third-order valence-corrected chi connectivity index (χ3v) is 4.03. The summed E-state index contributed by atoms with van der Waals surface area (Å²) in [5.74, 6) is 0.381. The summed E-state index contributed by atoms with van der Waals surface area (Å²) in [6.45, 7) is 2.94. The number of aromatic nitrogens is 1. The van der Waals surface area contributed by atoms with Crippen LogP contribution in [0.15, 0.2) is 36.5 Å². The number of benzene rings is 1. The highest BCUT2D eigenvalue weighted by Gasteiger charge is 2.28. The van der Waals surface area contributed by atoms with E-state index in [-0.39, 0.29) is 11.8 Å². The van der Waals surface area contributed by atoms with E-state index in [9.17, 15) is 9.59 Å². The van der Waals surface area contributed by atoms with Gasteiger partial charge in [-0.2, -0.15) is 0 Å². The van der Waals surface area contributed by atoms with Gasteiger partial charge in [0, 0.05) is 24.8 Å². The second-order valence-electron chi connectivity index (χ2n) is 5.82. The lowest BCUT2D eigenvalue weighted by atomic mass is 10.1. The Balaban J connectivity index is 1.58. The van der Waals surface area contributed by atoms with Crippen LogP contribution in [0.4, 0.5) is 0 Å². The second-order valence-corrected chi connectivity index (χ2v) is 5.82. The molecule has 120 valence electrons. The van der Waals surface area contributed by atoms with Crippen molar-refractivity contribution < 1.29 is 9.59 Å². The zero-order chi connectivity index (χ0) is 16.2. The zero-order valence-electron chi connectivity index (χ0n) is 13.2. The molecule has 0 unspecified atom stereocenters. The summed E-state index contributed by atoms with van der Waals surface area (Å²) in [6, 6.07) is 9.27. The summed E-state index contributed by atoms with van der Waals surface area (Å²) in [5.41, 5.74) is 3.38. The summed E-state index contributed by atoms with van der Waals surface area (Å²) in [4.78, 5) is 27.0. The number of carbonyl (C=O) groups excluding carboxylic acids is 2. The third kappa shape index (κ3) is 3.62. The van der Waals surface area contributed by atoms with Gasteiger partial charge in [-0.3, -0.25) is 9.59 Å². The Hall–Kier alpha value is -2.56. The van der Waals surface area contributed by atoms with Gasteiger partial charge in [-0.25, -0.2) is 0 Å². The van der Waals surface area contributed by atoms with Gasteiger partial charge in [0.15, 0.2) is 0 Å². The van der Waals surface area contributed by atoms with E-state index in [1.165, 1.54) is 12.8 Å². The van der Waals surface area contributed by atoms with Crippen LogP contribution in [0.3, 0.4) is 0 Å². The van der Waals surface area contributed by atoms with Crippen molar-refractivity contribution in [1.82, 2.24) is 15.6 Å². The van der Waals surface area contributed by atoms with Crippen molar-refractivity contribution in [3.05, 3.63) is 58.9 Å². The maximum absolute atomic E-state index is 12.3. The van der Waals surface area contributed by atoms with Crippen molar-refractivity contribution in [2.45, 2.75) is 32.2 Å². The van der Waals surface area contributed by atoms with E-state index in [0.717, 1.165) is 11.1 Å². The predicted octanol–water partition coefficient (Wildman–Crippen LogP) is 2.57. The lowest BCUT2D eigenvalue weighted by Gasteiger charge is -2.07. The van der Waals surface area contributed by atoms with Crippen LogP contribution in [0.1, 0.15) is 57.7 Å². The summed E-state index contributed by atoms with van der Waals surface area (Å²) in [5, 5.41) is 5.69. The molecule has 0 saturated heterocycles. The Morgan fingerprint density at radius 2 is 1.83 bits per heavy atom. The average molecular weight is 311 g/mol. The molecule has 1 aromatic carbocycles. The van der Waals surface area contributed by atoms with Gasteiger partial charge in [-0.15, -0.1) is 0 Å². The molecule has 23 heavy (non-hydrogen) atoms. The Morgan fingerprint density at radius 3 is 2.48 bits per heavy atom. The number of hydrogen-bond donors (Lipinski definition) is 3. The Morgan fingerprint density at radius 1 is 1.09 bits per heavy atom. The normalized spacial score (nSPS) is 13.6. The fraction of sp³-hybridized carbons (Fsp3) is 0.333. The fourth-order valence-corrected chi connectivity index (χ4v) is 2.62. The van der Waals surface area contributed by atoms with Crippen LogP contribution in [-0.4, -0.2) is 23.3 Å². The van der Waals surface area contributed by atoms with E-state index in [1.807, 2.05) is 31.3 Å². The molecular formula is C18H21N3O2. The molecule has 1 aliphatic rings. The molecule has 2 amide bonds. The molecule has 2 aromatic rings. The first-order chi connectivity index (χ1) is 11.2. The molecule has 0 aliphatic heterocycles. The molecule has 3 rings (SSSR count). The number of H-pyrrole nitrogens is 1. The van der Waals surface area contributed by atoms with Crippen molar-refractivity contribution in [3.8, 4) is 0 Å². The van der Waals surface area contributed by atoms with Crippen molar-refractivity contribution in [1.29, 1.82) is 0 Å². The molecule has 3 N–H and O–H groups in total. The molecule has 0 bridgehead atoms. The molecule has 5 heteroatoms. The van der Waals surface area contributed by atoms with E-state index in [4.69, 9.17) is 0 Å². The van der Waals surface area contributed by atoms with Crippen molar-refractivity contribution in [2.24, 2.45) is 0 Å². The first-order valence-corrected chi connectivity index (χ1v) is 8.01. The molecule has 1 saturated carbocycles. The quantitative estimate of drug-likeness (QED) is 0.767. The summed E-state index contributed by atoms with van der Waals surface area (Å²) >= 11 is 0. The predicted molar refractivity (Wildman–Crippen MR) is 88.4 cm³/mol. The van der Waals surface area contributed by atoms with E-state index in [2.05, 4.69) is 15.6 Å². The highest BCUT2D eigenvalue weighted by atomic mass is 16.2. The topological polar surface area (TPSA) is 74.0 Å². The monoisotopic (exact) mass is 311 g/mol. The molecule has 0 spiro atoms. The fourth-order valence-electron chi connectivity index (χ4n) is 2.62. The third-order valence-electron chi connectivity index (χ3n) is 4.03. The zero-order valence-corrected chi connectivity index (χ0v) is 13.2. The van der Waals surface area contributed by atoms with Crippen molar-refractivity contribution in [3.63, 3.8) is 0 Å². The number of hydrogen-bond acceptors (Lipinski definition) is 2. The van der Waals surface area contributed by atoms with Crippen molar-refractivity contribution in [2.75, 3.05) is 6.54 Å². The number of nitrogens with one attached hydrogen (secondary N) is 3. The number of amides is 2. The van der Waals surface area contributed by atoms with Crippen LogP contribution in [0, 0.1) is 0 Å². The van der Waals surface area contributed by atoms with E-state index >= 15 is 0 Å². The van der Waals surface area contributed by atoms with Crippen LogP contribution in [0.2, 0.25) is 0 Å². The molecule has 0 radical (unpaired) electrons. The van der Waals surface area contributed by atoms with Gasteiger partial charge in [-0.05, 0) is 55.0 Å². The van der Waals surface area contributed by atoms with Crippen LogP contribution in [0.25, 0.3) is 0 Å². The van der Waals surface area contributed by atoms with E-state index < -0.39 is 0 Å². The molecule has 0 atom stereocenters. The summed E-state index contributed by atoms with van der Waals surface area (Å²) < 4.78 is 0. The minimum Gasteiger partial charge on any atom is -0.357 e. The smallest absolute Gasteiger partial charge is 0.268 e. The lowest BCUT2D eigenvalue weighted by Crippen LogP contribution is -2.24. The van der Waals surface area contributed by atoms with Gasteiger partial charge in [0.2, 0.25) is 0 Å². The Labute approximate surface area is 135 Å². The van der Waals surface area contributed by atoms with Crippen LogP contribution >= 0.6 is 0 Å². The molecule has 1 fully saturated rings. The first-order valence-electron chi connectivity index (χ1n) is 8.01. The largest absolute Gasteiger partial charge is 0.357 e. The minimum absolute atomic E-state index is 0.0790. The van der Waals surface area contributed by atoms with Crippen molar-refractivity contribution >= 4 is 11.8 Å². The summed E-state index contributed by atoms with van der Waals surface area (Å²) in [7, 11) is 0. The maximum Gasteiger partial charge on any atom is 0.268 e. The van der Waals surface area contributed by atoms with Gasteiger partial charge >= 0.3 is 0 Å². The minimum atomic E-state index is -0.0800. The van der Waals surface area contributed by atoms with Crippen LogP contribution < -0.4 is 10.6 Å². The van der Waals surface area contributed by atoms with E-state index in [0.29, 0.717) is 30.3 Å². The maximum atomic E-state index is 12.3. The number of carbonyl (C=O) groups is 2. The molecular weight excluding hydrogens is 290 g/mol. The summed E-state index contributed by atoms with van der Waals surface area (Å²) in [6.07, 6.45) is 4.16. The Kier molecular flexibility index (Phi) is 4.46.